The van der Waals surface area contributed by atoms with Crippen LogP contribution in [0.15, 0.2) is 42.5 Å². The lowest BCUT2D eigenvalue weighted by Gasteiger charge is -2.27. The number of esters is 1. The predicted molar refractivity (Wildman–Crippen MR) is 105 cm³/mol. The van der Waals surface area contributed by atoms with Crippen LogP contribution in [0.1, 0.15) is 47.3 Å². The summed E-state index contributed by atoms with van der Waals surface area (Å²) in [6.45, 7) is 1.57. The lowest BCUT2D eigenvalue weighted by Crippen LogP contribution is -2.39. The SMILES string of the molecule is COc1ccc(C(=O)O[C@@H](C)C(=O)N[C@H]2CCCc3ccccc32)cc1OC. The van der Waals surface area contributed by atoms with Gasteiger partial charge in [-0.25, -0.2) is 4.79 Å². The molecule has 1 aliphatic carbocycles. The molecule has 0 fully saturated rings. The molecule has 0 aromatic heterocycles. The van der Waals surface area contributed by atoms with Crippen LogP contribution >= 0.6 is 0 Å². The summed E-state index contributed by atoms with van der Waals surface area (Å²) < 4.78 is 15.7. The Kier molecular flexibility index (Phi) is 6.19. The summed E-state index contributed by atoms with van der Waals surface area (Å²) in [7, 11) is 3.01. The van der Waals surface area contributed by atoms with Gasteiger partial charge in [-0.3, -0.25) is 4.79 Å². The minimum atomic E-state index is -0.908. The maximum absolute atomic E-state index is 12.6. The van der Waals surface area contributed by atoms with Gasteiger partial charge in [0.05, 0.1) is 25.8 Å². The number of carbonyl (C=O) groups excluding carboxylic acids is 2. The van der Waals surface area contributed by atoms with Crippen molar-refractivity contribution in [3.8, 4) is 11.5 Å². The number of benzene rings is 2. The van der Waals surface area contributed by atoms with Crippen LogP contribution in [-0.4, -0.2) is 32.2 Å². The van der Waals surface area contributed by atoms with E-state index in [1.165, 1.54) is 25.8 Å². The first-order valence-electron chi connectivity index (χ1n) is 9.34. The van der Waals surface area contributed by atoms with Crippen LogP contribution in [0.4, 0.5) is 0 Å². The van der Waals surface area contributed by atoms with Crippen molar-refractivity contribution in [2.75, 3.05) is 14.2 Å². The number of hydrogen-bond donors (Lipinski definition) is 1. The maximum atomic E-state index is 12.6. The molecule has 0 saturated carbocycles. The van der Waals surface area contributed by atoms with Gasteiger partial charge in [-0.15, -0.1) is 0 Å². The van der Waals surface area contributed by atoms with Gasteiger partial charge in [-0.05, 0) is 55.5 Å². The fourth-order valence-electron chi connectivity index (χ4n) is 3.44. The molecule has 3 rings (SSSR count). The van der Waals surface area contributed by atoms with Crippen molar-refractivity contribution in [3.05, 3.63) is 59.2 Å². The highest BCUT2D eigenvalue weighted by atomic mass is 16.5. The summed E-state index contributed by atoms with van der Waals surface area (Å²) in [5.41, 5.74) is 2.69. The van der Waals surface area contributed by atoms with E-state index in [-0.39, 0.29) is 11.9 Å². The number of amides is 1. The van der Waals surface area contributed by atoms with Gasteiger partial charge in [-0.1, -0.05) is 24.3 Å². The number of nitrogens with one attached hydrogen (secondary N) is 1. The number of aryl methyl sites for hydroxylation is 1. The van der Waals surface area contributed by atoms with E-state index in [0.29, 0.717) is 17.1 Å². The van der Waals surface area contributed by atoms with Crippen molar-refractivity contribution >= 4 is 11.9 Å². The molecule has 2 aromatic rings. The first-order chi connectivity index (χ1) is 13.5. The van der Waals surface area contributed by atoms with Gasteiger partial charge in [0.25, 0.3) is 5.91 Å². The van der Waals surface area contributed by atoms with E-state index < -0.39 is 12.1 Å². The van der Waals surface area contributed by atoms with Gasteiger partial charge in [0.2, 0.25) is 0 Å². The Labute approximate surface area is 164 Å². The normalized spacial score (nSPS) is 16.5. The minimum absolute atomic E-state index is 0.0558. The second kappa shape index (κ2) is 8.78. The van der Waals surface area contributed by atoms with Crippen molar-refractivity contribution in [2.24, 2.45) is 0 Å². The summed E-state index contributed by atoms with van der Waals surface area (Å²) in [4.78, 5) is 25.0. The third-order valence-corrected chi connectivity index (χ3v) is 4.96. The molecule has 1 N–H and O–H groups in total. The Bertz CT molecular complexity index is 864. The molecule has 0 spiro atoms. The van der Waals surface area contributed by atoms with Crippen molar-refractivity contribution < 1.29 is 23.8 Å². The van der Waals surface area contributed by atoms with E-state index in [1.54, 1.807) is 19.1 Å². The molecule has 148 valence electrons. The lowest BCUT2D eigenvalue weighted by atomic mass is 9.87. The average Bonchev–Trinajstić information content (AvgIpc) is 2.73. The summed E-state index contributed by atoms with van der Waals surface area (Å²) in [6.07, 6.45) is 2.00. The molecule has 28 heavy (non-hydrogen) atoms. The summed E-state index contributed by atoms with van der Waals surface area (Å²) in [6, 6.07) is 12.8. The van der Waals surface area contributed by atoms with Crippen molar-refractivity contribution in [1.82, 2.24) is 5.32 Å². The molecule has 0 aliphatic heterocycles. The number of carbonyl (C=O) groups is 2. The Morgan fingerprint density at radius 3 is 2.57 bits per heavy atom. The van der Waals surface area contributed by atoms with Crippen LogP contribution in [0.3, 0.4) is 0 Å². The summed E-state index contributed by atoms with van der Waals surface area (Å²) >= 11 is 0. The van der Waals surface area contributed by atoms with Crippen LogP contribution in [-0.2, 0) is 16.0 Å². The Morgan fingerprint density at radius 2 is 1.82 bits per heavy atom. The molecule has 1 aliphatic rings. The highest BCUT2D eigenvalue weighted by molar-refractivity contribution is 5.93. The van der Waals surface area contributed by atoms with Crippen LogP contribution in [0.25, 0.3) is 0 Å². The monoisotopic (exact) mass is 383 g/mol. The van der Waals surface area contributed by atoms with E-state index in [4.69, 9.17) is 14.2 Å². The van der Waals surface area contributed by atoms with Crippen LogP contribution in [0.5, 0.6) is 11.5 Å². The molecule has 0 heterocycles. The molecule has 6 heteroatoms. The third kappa shape index (κ3) is 4.27. The van der Waals surface area contributed by atoms with Crippen LogP contribution in [0.2, 0.25) is 0 Å². The highest BCUT2D eigenvalue weighted by Gasteiger charge is 2.25. The van der Waals surface area contributed by atoms with Gasteiger partial charge in [0.1, 0.15) is 0 Å². The number of hydrogen-bond acceptors (Lipinski definition) is 5. The molecule has 6 nitrogen and oxygen atoms in total. The second-order valence-electron chi connectivity index (χ2n) is 6.77. The van der Waals surface area contributed by atoms with Gasteiger partial charge in [0.15, 0.2) is 17.6 Å². The molecule has 0 unspecified atom stereocenters. The van der Waals surface area contributed by atoms with Crippen LogP contribution < -0.4 is 14.8 Å². The largest absolute Gasteiger partial charge is 0.493 e. The Morgan fingerprint density at radius 1 is 1.07 bits per heavy atom. The van der Waals surface area contributed by atoms with Gasteiger partial charge >= 0.3 is 5.97 Å². The molecule has 0 saturated heterocycles. The Hall–Kier alpha value is -3.02. The molecular formula is C22H25NO5. The van der Waals surface area contributed by atoms with E-state index in [0.717, 1.165) is 24.8 Å². The Balaban J connectivity index is 1.64. The van der Waals surface area contributed by atoms with Gasteiger partial charge in [0, 0.05) is 0 Å². The quantitative estimate of drug-likeness (QED) is 0.774. The molecule has 1 amide bonds. The zero-order chi connectivity index (χ0) is 20.1. The molecule has 2 aromatic carbocycles. The van der Waals surface area contributed by atoms with E-state index in [2.05, 4.69) is 11.4 Å². The molecular weight excluding hydrogens is 358 g/mol. The zero-order valence-electron chi connectivity index (χ0n) is 16.4. The van der Waals surface area contributed by atoms with Crippen LogP contribution in [0, 0.1) is 0 Å². The molecule has 2 atom stereocenters. The topological polar surface area (TPSA) is 73.9 Å². The number of rotatable bonds is 6. The zero-order valence-corrected chi connectivity index (χ0v) is 16.4. The smallest absolute Gasteiger partial charge is 0.339 e. The first kappa shape index (κ1) is 19.7. The second-order valence-corrected chi connectivity index (χ2v) is 6.77. The minimum Gasteiger partial charge on any atom is -0.493 e. The predicted octanol–water partition coefficient (Wildman–Crippen LogP) is 3.44. The number of methoxy groups -OCH3 is 2. The van der Waals surface area contributed by atoms with E-state index >= 15 is 0 Å². The fourth-order valence-corrected chi connectivity index (χ4v) is 3.44. The van der Waals surface area contributed by atoms with Crippen molar-refractivity contribution in [3.63, 3.8) is 0 Å². The number of fused-ring (bicyclic) bond motifs is 1. The third-order valence-electron chi connectivity index (χ3n) is 4.96. The number of ether oxygens (including phenoxy) is 3. The maximum Gasteiger partial charge on any atom is 0.339 e. The van der Waals surface area contributed by atoms with Gasteiger partial charge in [-0.2, -0.15) is 0 Å². The highest BCUT2D eigenvalue weighted by Crippen LogP contribution is 2.30. The van der Waals surface area contributed by atoms with E-state index in [1.807, 2.05) is 18.2 Å². The lowest BCUT2D eigenvalue weighted by molar-refractivity contribution is -0.130. The first-order valence-corrected chi connectivity index (χ1v) is 9.34. The molecule has 0 bridgehead atoms. The van der Waals surface area contributed by atoms with Gasteiger partial charge < -0.3 is 19.5 Å². The fraction of sp³-hybridized carbons (Fsp3) is 0.364. The molecule has 0 radical (unpaired) electrons. The summed E-state index contributed by atoms with van der Waals surface area (Å²) in [5, 5.41) is 3.01. The van der Waals surface area contributed by atoms with Crippen molar-refractivity contribution in [1.29, 1.82) is 0 Å². The van der Waals surface area contributed by atoms with E-state index in [9.17, 15) is 9.59 Å². The summed E-state index contributed by atoms with van der Waals surface area (Å²) in [5.74, 6) is 0.0387. The standard InChI is InChI=1S/C22H25NO5/c1-14(28-22(25)16-11-12-19(26-2)20(13-16)27-3)21(24)23-18-10-6-8-15-7-4-5-9-17(15)18/h4-5,7,9,11-14,18H,6,8,10H2,1-3H3,(H,23,24)/t14-,18-/m0/s1. The average molecular weight is 383 g/mol. The van der Waals surface area contributed by atoms with Crippen molar-refractivity contribution in [2.45, 2.75) is 38.3 Å².